The smallest absolute Gasteiger partial charge is 0.323 e. The van der Waals surface area contributed by atoms with E-state index in [1.807, 2.05) is 35.2 Å². The van der Waals surface area contributed by atoms with Gasteiger partial charge in [-0.3, -0.25) is 14.5 Å². The number of nitrogens with zero attached hydrogens (tertiary/aromatic N) is 3. The number of anilines is 1. The number of hydrogen-bond donors (Lipinski definition) is 1. The first kappa shape index (κ1) is 16.5. The van der Waals surface area contributed by atoms with Crippen LogP contribution >= 0.6 is 11.3 Å². The van der Waals surface area contributed by atoms with Crippen LogP contribution in [0, 0.1) is 0 Å². The number of rotatable bonds is 5. The van der Waals surface area contributed by atoms with Crippen LogP contribution in [0.2, 0.25) is 0 Å². The highest BCUT2D eigenvalue weighted by Gasteiger charge is 2.32. The van der Waals surface area contributed by atoms with Crippen molar-refractivity contribution in [3.63, 3.8) is 0 Å². The van der Waals surface area contributed by atoms with E-state index < -0.39 is 0 Å². The average molecular weight is 346 g/mol. The van der Waals surface area contributed by atoms with E-state index in [2.05, 4.69) is 15.5 Å². The molecule has 1 saturated heterocycles. The molecule has 126 valence electrons. The number of para-hydroxylation sites is 1. The van der Waals surface area contributed by atoms with E-state index in [1.54, 1.807) is 0 Å². The molecule has 0 unspecified atom stereocenters. The third-order valence-corrected chi connectivity index (χ3v) is 4.77. The van der Waals surface area contributed by atoms with Crippen molar-refractivity contribution >= 4 is 28.9 Å². The molecule has 1 fully saturated rings. The quantitative estimate of drug-likeness (QED) is 0.833. The first-order valence-corrected chi connectivity index (χ1v) is 8.49. The zero-order chi connectivity index (χ0) is 16.9. The highest BCUT2D eigenvalue weighted by atomic mass is 32.1. The zero-order valence-electron chi connectivity index (χ0n) is 13.3. The number of esters is 1. The number of methoxy groups -OCH3 is 1. The number of carbonyl (C=O) groups is 2. The predicted molar refractivity (Wildman–Crippen MR) is 89.8 cm³/mol. The van der Waals surface area contributed by atoms with E-state index >= 15 is 0 Å². The number of aromatic nitrogens is 2. The second-order valence-electron chi connectivity index (χ2n) is 5.47. The molecule has 1 aromatic heterocycles. The first-order chi connectivity index (χ1) is 11.7. The SMILES string of the molecule is COC(=O)[C@@H]1CCCN1Cc1nnc(C(=O)Nc2ccccc2)s1. The monoisotopic (exact) mass is 346 g/mol. The lowest BCUT2D eigenvalue weighted by Crippen LogP contribution is -2.36. The van der Waals surface area contributed by atoms with Crippen molar-refractivity contribution < 1.29 is 14.3 Å². The molecular formula is C16H18N4O3S. The summed E-state index contributed by atoms with van der Waals surface area (Å²) in [4.78, 5) is 26.0. The van der Waals surface area contributed by atoms with Gasteiger partial charge in [0.1, 0.15) is 11.0 Å². The van der Waals surface area contributed by atoms with Gasteiger partial charge in [0.25, 0.3) is 5.91 Å². The maximum atomic E-state index is 12.2. The van der Waals surface area contributed by atoms with Crippen molar-refractivity contribution in [2.24, 2.45) is 0 Å². The highest BCUT2D eigenvalue weighted by molar-refractivity contribution is 7.13. The van der Waals surface area contributed by atoms with E-state index in [9.17, 15) is 9.59 Å². The molecule has 1 aliphatic rings. The fraction of sp³-hybridized carbons (Fsp3) is 0.375. The lowest BCUT2D eigenvalue weighted by molar-refractivity contribution is -0.146. The van der Waals surface area contributed by atoms with Crippen LogP contribution in [0.25, 0.3) is 0 Å². The summed E-state index contributed by atoms with van der Waals surface area (Å²) in [7, 11) is 1.40. The van der Waals surface area contributed by atoms with Crippen molar-refractivity contribution in [1.29, 1.82) is 0 Å². The molecule has 1 aromatic carbocycles. The topological polar surface area (TPSA) is 84.4 Å². The minimum absolute atomic E-state index is 0.223. The van der Waals surface area contributed by atoms with Crippen molar-refractivity contribution in [2.75, 3.05) is 19.0 Å². The van der Waals surface area contributed by atoms with Crippen molar-refractivity contribution in [2.45, 2.75) is 25.4 Å². The molecule has 1 atom stereocenters. The van der Waals surface area contributed by atoms with Crippen LogP contribution < -0.4 is 5.32 Å². The van der Waals surface area contributed by atoms with Crippen LogP contribution in [0.4, 0.5) is 5.69 Å². The van der Waals surface area contributed by atoms with E-state index in [0.29, 0.717) is 22.2 Å². The number of nitrogens with one attached hydrogen (secondary N) is 1. The molecule has 8 heteroatoms. The lowest BCUT2D eigenvalue weighted by atomic mass is 10.2. The Bertz CT molecular complexity index is 719. The summed E-state index contributed by atoms with van der Waals surface area (Å²) in [6, 6.07) is 8.96. The van der Waals surface area contributed by atoms with Crippen LogP contribution in [0.15, 0.2) is 30.3 Å². The van der Waals surface area contributed by atoms with Crippen LogP contribution in [-0.2, 0) is 16.1 Å². The minimum atomic E-state index is -0.282. The van der Waals surface area contributed by atoms with Gasteiger partial charge in [0.15, 0.2) is 0 Å². The Morgan fingerprint density at radius 3 is 2.88 bits per heavy atom. The summed E-state index contributed by atoms with van der Waals surface area (Å²) >= 11 is 1.24. The molecule has 0 radical (unpaired) electrons. The molecule has 2 aromatic rings. The first-order valence-electron chi connectivity index (χ1n) is 7.68. The van der Waals surface area contributed by atoms with E-state index in [-0.39, 0.29) is 17.9 Å². The second kappa shape index (κ2) is 7.50. The molecule has 1 N–H and O–H groups in total. The molecule has 1 amide bonds. The van der Waals surface area contributed by atoms with Gasteiger partial charge < -0.3 is 10.1 Å². The Kier molecular flexibility index (Phi) is 5.17. The van der Waals surface area contributed by atoms with Gasteiger partial charge in [-0.2, -0.15) is 0 Å². The number of benzene rings is 1. The van der Waals surface area contributed by atoms with E-state index in [4.69, 9.17) is 4.74 Å². The van der Waals surface area contributed by atoms with Gasteiger partial charge in [-0.15, -0.1) is 10.2 Å². The van der Waals surface area contributed by atoms with Crippen molar-refractivity contribution in [1.82, 2.24) is 15.1 Å². The predicted octanol–water partition coefficient (Wildman–Crippen LogP) is 1.93. The van der Waals surface area contributed by atoms with Crippen LogP contribution in [0.5, 0.6) is 0 Å². The largest absolute Gasteiger partial charge is 0.468 e. The van der Waals surface area contributed by atoms with Crippen LogP contribution in [0.1, 0.15) is 27.7 Å². The van der Waals surface area contributed by atoms with E-state index in [1.165, 1.54) is 18.4 Å². The maximum Gasteiger partial charge on any atom is 0.323 e. The molecule has 0 spiro atoms. The Morgan fingerprint density at radius 2 is 2.12 bits per heavy atom. The number of likely N-dealkylation sites (tertiary alicyclic amines) is 1. The summed E-state index contributed by atoms with van der Waals surface area (Å²) in [6.07, 6.45) is 1.73. The maximum absolute atomic E-state index is 12.2. The summed E-state index contributed by atoms with van der Waals surface area (Å²) < 4.78 is 4.83. The van der Waals surface area contributed by atoms with E-state index in [0.717, 1.165) is 19.4 Å². The van der Waals surface area contributed by atoms with Crippen molar-refractivity contribution in [3.8, 4) is 0 Å². The van der Waals surface area contributed by atoms with Gasteiger partial charge in [-0.05, 0) is 31.5 Å². The number of hydrogen-bond acceptors (Lipinski definition) is 7. The molecule has 3 rings (SSSR count). The van der Waals surface area contributed by atoms with Gasteiger partial charge in [0, 0.05) is 5.69 Å². The second-order valence-corrected chi connectivity index (χ2v) is 6.53. The Hall–Kier alpha value is -2.32. The number of amides is 1. The van der Waals surface area contributed by atoms with Crippen molar-refractivity contribution in [3.05, 3.63) is 40.3 Å². The molecule has 7 nitrogen and oxygen atoms in total. The fourth-order valence-corrected chi connectivity index (χ4v) is 3.47. The van der Waals surface area contributed by atoms with Crippen LogP contribution in [0.3, 0.4) is 0 Å². The summed E-state index contributed by atoms with van der Waals surface area (Å²) in [6.45, 7) is 1.31. The van der Waals surface area contributed by atoms with Gasteiger partial charge in [0.2, 0.25) is 5.01 Å². The molecule has 0 bridgehead atoms. The molecule has 2 heterocycles. The third kappa shape index (κ3) is 3.77. The summed E-state index contributed by atoms with van der Waals surface area (Å²) in [5.74, 6) is -0.505. The number of ether oxygens (including phenoxy) is 1. The van der Waals surface area contributed by atoms with Gasteiger partial charge in [-0.25, -0.2) is 0 Å². The molecule has 0 saturated carbocycles. The van der Waals surface area contributed by atoms with Gasteiger partial charge in [0.05, 0.1) is 13.7 Å². The van der Waals surface area contributed by atoms with Gasteiger partial charge in [-0.1, -0.05) is 29.5 Å². The Morgan fingerprint density at radius 1 is 1.33 bits per heavy atom. The molecule has 0 aliphatic carbocycles. The highest BCUT2D eigenvalue weighted by Crippen LogP contribution is 2.22. The Balaban J connectivity index is 1.63. The standard InChI is InChI=1S/C16H18N4O3S/c1-23-16(22)12-8-5-9-20(12)10-13-18-19-15(24-13)14(21)17-11-6-3-2-4-7-11/h2-4,6-7,12H,5,8-10H2,1H3,(H,17,21)/t12-/m0/s1. The lowest BCUT2D eigenvalue weighted by Gasteiger charge is -2.20. The minimum Gasteiger partial charge on any atom is -0.468 e. The molecule has 24 heavy (non-hydrogen) atoms. The molecular weight excluding hydrogens is 328 g/mol. The summed E-state index contributed by atoms with van der Waals surface area (Å²) in [5.41, 5.74) is 0.713. The zero-order valence-corrected chi connectivity index (χ0v) is 14.1. The third-order valence-electron chi connectivity index (χ3n) is 3.87. The summed E-state index contributed by atoms with van der Waals surface area (Å²) in [5, 5.41) is 11.8. The normalized spacial score (nSPS) is 17.6. The van der Waals surface area contributed by atoms with Crippen LogP contribution in [-0.4, -0.2) is 46.7 Å². The van der Waals surface area contributed by atoms with Gasteiger partial charge >= 0.3 is 5.97 Å². The fourth-order valence-electron chi connectivity index (χ4n) is 2.71. The Labute approximate surface area is 143 Å². The molecule has 1 aliphatic heterocycles. The number of carbonyl (C=O) groups excluding carboxylic acids is 2. The average Bonchev–Trinajstić information content (AvgIpc) is 3.25.